The number of ether oxygens (including phenoxy) is 1. The van der Waals surface area contributed by atoms with E-state index in [1.807, 2.05) is 48.8 Å². The molecule has 8 nitrogen and oxygen atoms in total. The number of aryl methyl sites for hydroxylation is 1. The van der Waals surface area contributed by atoms with Gasteiger partial charge in [0.2, 0.25) is 0 Å². The molecule has 0 aliphatic carbocycles. The van der Waals surface area contributed by atoms with E-state index >= 15 is 0 Å². The summed E-state index contributed by atoms with van der Waals surface area (Å²) >= 11 is 32.9. The Labute approximate surface area is 317 Å². The van der Waals surface area contributed by atoms with Crippen LogP contribution in [0.3, 0.4) is 0 Å². The van der Waals surface area contributed by atoms with E-state index in [-0.39, 0.29) is 5.92 Å². The fraction of sp³-hybridized carbons (Fsp3) is 0.351. The molecule has 262 valence electrons. The van der Waals surface area contributed by atoms with Crippen LogP contribution in [-0.4, -0.2) is 69.9 Å². The van der Waals surface area contributed by atoms with E-state index in [2.05, 4.69) is 25.4 Å². The Morgan fingerprint density at radius 1 is 0.820 bits per heavy atom. The summed E-state index contributed by atoms with van der Waals surface area (Å²) in [5.41, 5.74) is 13.6. The average molecular weight is 774 g/mol. The lowest BCUT2D eigenvalue weighted by Gasteiger charge is -2.30. The normalized spacial score (nSPS) is 16.1. The molecule has 2 aliphatic heterocycles. The van der Waals surface area contributed by atoms with E-state index < -0.39 is 6.04 Å². The number of morpholine rings is 1. The van der Waals surface area contributed by atoms with Crippen molar-refractivity contribution >= 4 is 58.0 Å². The first-order valence-corrected chi connectivity index (χ1v) is 18.7. The van der Waals surface area contributed by atoms with Crippen LogP contribution in [-0.2, 0) is 30.7 Å². The zero-order valence-electron chi connectivity index (χ0n) is 27.4. The fourth-order valence-corrected chi connectivity index (χ4v) is 8.07. The Kier molecular flexibility index (Phi) is 11.4. The number of nitrogens with zero attached hydrogens (tertiary/aromatic N) is 5. The lowest BCUT2D eigenvalue weighted by molar-refractivity contribution is 0.0363. The first kappa shape index (κ1) is 35.8. The Bertz CT molecular complexity index is 1970. The molecular weight excluding hydrogens is 736 g/mol. The lowest BCUT2D eigenvalue weighted by atomic mass is 9.94. The van der Waals surface area contributed by atoms with Gasteiger partial charge in [-0.1, -0.05) is 76.2 Å². The molecule has 0 amide bonds. The van der Waals surface area contributed by atoms with Crippen molar-refractivity contribution in [3.05, 3.63) is 115 Å². The second kappa shape index (κ2) is 15.9. The van der Waals surface area contributed by atoms with Crippen molar-refractivity contribution in [3.63, 3.8) is 0 Å². The van der Waals surface area contributed by atoms with Gasteiger partial charge >= 0.3 is 0 Å². The zero-order valence-corrected chi connectivity index (χ0v) is 31.2. The minimum atomic E-state index is -0.466. The summed E-state index contributed by atoms with van der Waals surface area (Å²) in [6.45, 7) is 7.17. The van der Waals surface area contributed by atoms with Gasteiger partial charge in [-0.2, -0.15) is 0 Å². The number of aromatic nitrogens is 4. The molecule has 50 heavy (non-hydrogen) atoms. The maximum atomic E-state index is 7.28. The van der Waals surface area contributed by atoms with Gasteiger partial charge in [-0.15, -0.1) is 0 Å². The van der Waals surface area contributed by atoms with Gasteiger partial charge in [0.15, 0.2) is 0 Å². The highest BCUT2D eigenvalue weighted by molar-refractivity contribution is 6.37. The highest BCUT2D eigenvalue weighted by Gasteiger charge is 2.32. The van der Waals surface area contributed by atoms with Crippen LogP contribution in [0.1, 0.15) is 34.7 Å². The van der Waals surface area contributed by atoms with Crippen molar-refractivity contribution < 1.29 is 4.74 Å². The van der Waals surface area contributed by atoms with Gasteiger partial charge in [0.05, 0.1) is 58.4 Å². The van der Waals surface area contributed by atoms with E-state index in [4.69, 9.17) is 78.4 Å². The molecule has 2 aromatic heterocycles. The number of imidazole rings is 2. The van der Waals surface area contributed by atoms with Crippen molar-refractivity contribution in [3.8, 4) is 22.5 Å². The van der Waals surface area contributed by atoms with E-state index in [1.165, 1.54) is 0 Å². The van der Waals surface area contributed by atoms with Crippen LogP contribution in [0.25, 0.3) is 22.5 Å². The molecule has 5 aromatic rings. The third-order valence-electron chi connectivity index (χ3n) is 9.58. The first-order valence-electron chi connectivity index (χ1n) is 16.8. The molecular formula is C37H38Cl5N7O. The van der Waals surface area contributed by atoms with Crippen molar-refractivity contribution in [2.24, 2.45) is 5.73 Å². The summed E-state index contributed by atoms with van der Waals surface area (Å²) in [5.74, 6) is 1.12. The first-order chi connectivity index (χ1) is 24.3. The highest BCUT2D eigenvalue weighted by Crippen LogP contribution is 2.39. The molecule has 3 aromatic carbocycles. The molecule has 3 N–H and O–H groups in total. The molecule has 0 bridgehead atoms. The molecule has 2 saturated heterocycles. The molecule has 7 rings (SSSR count). The smallest absolute Gasteiger partial charge is 0.111 e. The van der Waals surface area contributed by atoms with Crippen molar-refractivity contribution in [1.29, 1.82) is 0 Å². The Balaban J connectivity index is 1.30. The van der Waals surface area contributed by atoms with Crippen LogP contribution in [0, 0.1) is 0 Å². The van der Waals surface area contributed by atoms with Gasteiger partial charge in [0, 0.05) is 84.3 Å². The second-order valence-corrected chi connectivity index (χ2v) is 14.9. The van der Waals surface area contributed by atoms with Gasteiger partial charge in [-0.3, -0.25) is 4.90 Å². The molecule has 1 unspecified atom stereocenters. The van der Waals surface area contributed by atoms with E-state index in [0.29, 0.717) is 39.6 Å². The minimum Gasteiger partial charge on any atom is -0.379 e. The van der Waals surface area contributed by atoms with Gasteiger partial charge < -0.3 is 24.9 Å². The number of halogens is 5. The summed E-state index contributed by atoms with van der Waals surface area (Å²) in [5, 5.41) is 6.39. The van der Waals surface area contributed by atoms with Crippen molar-refractivity contribution in [2.75, 3.05) is 45.9 Å². The number of hydrogen-bond donors (Lipinski definition) is 2. The summed E-state index contributed by atoms with van der Waals surface area (Å²) in [7, 11) is 0. The quantitative estimate of drug-likeness (QED) is 0.133. The van der Waals surface area contributed by atoms with Crippen molar-refractivity contribution in [2.45, 2.75) is 37.9 Å². The van der Waals surface area contributed by atoms with Crippen LogP contribution in [0.4, 0.5) is 0 Å². The third kappa shape index (κ3) is 7.75. The van der Waals surface area contributed by atoms with Gasteiger partial charge in [0.25, 0.3) is 0 Å². The number of nitrogens with one attached hydrogen (secondary N) is 1. The minimum absolute atomic E-state index is 0.253. The van der Waals surface area contributed by atoms with Crippen molar-refractivity contribution in [1.82, 2.24) is 29.3 Å². The van der Waals surface area contributed by atoms with Crippen LogP contribution in [0.5, 0.6) is 0 Å². The summed E-state index contributed by atoms with van der Waals surface area (Å²) in [6.07, 6.45) is 3.04. The molecule has 0 saturated carbocycles. The predicted octanol–water partition coefficient (Wildman–Crippen LogP) is 8.18. The largest absolute Gasteiger partial charge is 0.379 e. The summed E-state index contributed by atoms with van der Waals surface area (Å²) in [6, 6.07) is 18.5. The Hall–Kier alpha value is -2.63. The number of hydrogen-bond acceptors (Lipinski definition) is 6. The molecule has 4 heterocycles. The standard InChI is InChI=1S/C37H38Cl5N7O/c38-25-5-7-27(30(41)17-25)34-37(48(22-45-34)12-11-47-13-15-50-16-14-47)32(43)19-33-46-35(28-8-6-26(39)18-31(28)42)36(24-20-44-21-24)49(33)10-9-23-3-1-2-4-29(23)40/h1-8,17-18,22,24,32,44H,9-16,19-21,43H2. The summed E-state index contributed by atoms with van der Waals surface area (Å²) < 4.78 is 10.1. The predicted molar refractivity (Wildman–Crippen MR) is 204 cm³/mol. The number of nitrogens with two attached hydrogens (primary N) is 1. The summed E-state index contributed by atoms with van der Waals surface area (Å²) in [4.78, 5) is 12.6. The average Bonchev–Trinajstić information content (AvgIpc) is 3.64. The Morgan fingerprint density at radius 2 is 1.50 bits per heavy atom. The molecule has 13 heteroatoms. The van der Waals surface area contributed by atoms with E-state index in [1.54, 1.807) is 12.1 Å². The molecule has 0 spiro atoms. The highest BCUT2D eigenvalue weighted by atomic mass is 35.5. The van der Waals surface area contributed by atoms with Crippen LogP contribution in [0.15, 0.2) is 67.0 Å². The number of rotatable bonds is 12. The maximum Gasteiger partial charge on any atom is 0.111 e. The molecule has 2 aliphatic rings. The Morgan fingerprint density at radius 3 is 2.14 bits per heavy atom. The fourth-order valence-electron chi connectivity index (χ4n) is 6.84. The lowest BCUT2D eigenvalue weighted by Crippen LogP contribution is -2.41. The maximum absolute atomic E-state index is 7.28. The molecule has 0 radical (unpaired) electrons. The van der Waals surface area contributed by atoms with Crippen LogP contribution in [0.2, 0.25) is 25.1 Å². The van der Waals surface area contributed by atoms with Gasteiger partial charge in [-0.05, 0) is 54.4 Å². The SMILES string of the molecule is NC(Cc1nc(-c2ccc(Cl)cc2Cl)c(C2CNC2)n1CCc1ccccc1Cl)c1c(-c2ccc(Cl)cc2Cl)ncn1CCN1CCOCC1. The third-order valence-corrected chi connectivity index (χ3v) is 11.0. The van der Waals surface area contributed by atoms with Gasteiger partial charge in [-0.25, -0.2) is 9.97 Å². The topological polar surface area (TPSA) is 86.2 Å². The number of benzene rings is 3. The van der Waals surface area contributed by atoms with E-state index in [9.17, 15) is 0 Å². The van der Waals surface area contributed by atoms with Crippen LogP contribution >= 0.6 is 58.0 Å². The zero-order chi connectivity index (χ0) is 34.8. The molecule has 2 fully saturated rings. The van der Waals surface area contributed by atoms with E-state index in [0.717, 1.165) is 103 Å². The molecule has 1 atom stereocenters. The van der Waals surface area contributed by atoms with Crippen LogP contribution < -0.4 is 11.1 Å². The monoisotopic (exact) mass is 771 g/mol. The second-order valence-electron chi connectivity index (χ2n) is 12.8. The van der Waals surface area contributed by atoms with Gasteiger partial charge in [0.1, 0.15) is 5.82 Å².